The molecule has 0 fully saturated rings. The molecular formula is C18H14ClFN2OS. The van der Waals surface area contributed by atoms with Crippen molar-refractivity contribution in [1.82, 2.24) is 4.98 Å². The summed E-state index contributed by atoms with van der Waals surface area (Å²) < 4.78 is 21.7. The lowest BCUT2D eigenvalue weighted by atomic mass is 10.1. The molecule has 0 aliphatic rings. The van der Waals surface area contributed by atoms with E-state index in [4.69, 9.17) is 16.3 Å². The molecule has 0 radical (unpaired) electrons. The fourth-order valence-corrected chi connectivity index (χ4v) is 2.65. The van der Waals surface area contributed by atoms with Crippen LogP contribution in [0.3, 0.4) is 0 Å². The van der Waals surface area contributed by atoms with Gasteiger partial charge in [0.05, 0.1) is 5.69 Å². The van der Waals surface area contributed by atoms with E-state index in [0.29, 0.717) is 22.3 Å². The molecule has 1 aromatic heterocycles. The van der Waals surface area contributed by atoms with Crippen molar-refractivity contribution in [3.05, 3.63) is 71.5 Å². The zero-order chi connectivity index (χ0) is 16.9. The quantitative estimate of drug-likeness (QED) is 0.564. The Bertz CT molecular complexity index is 825. The number of benzene rings is 2. The Morgan fingerprint density at radius 3 is 2.25 bits per heavy atom. The maximum Gasteiger partial charge on any atom is 0.137 e. The van der Waals surface area contributed by atoms with E-state index in [-0.39, 0.29) is 5.82 Å². The predicted octanol–water partition coefficient (Wildman–Crippen LogP) is 6.02. The van der Waals surface area contributed by atoms with Gasteiger partial charge in [-0.3, -0.25) is 0 Å². The second-order valence-electron chi connectivity index (χ2n) is 4.94. The van der Waals surface area contributed by atoms with Crippen LogP contribution < -0.4 is 9.46 Å². The highest BCUT2D eigenvalue weighted by molar-refractivity contribution is 7.99. The number of nitrogens with zero attached hydrogens (tertiary/aromatic N) is 1. The van der Waals surface area contributed by atoms with Crippen LogP contribution in [-0.2, 0) is 0 Å². The lowest BCUT2D eigenvalue weighted by Gasteiger charge is -2.08. The van der Waals surface area contributed by atoms with Crippen LogP contribution >= 0.6 is 23.5 Å². The van der Waals surface area contributed by atoms with Gasteiger partial charge in [-0.2, -0.15) is 0 Å². The van der Waals surface area contributed by atoms with Gasteiger partial charge in [-0.1, -0.05) is 23.5 Å². The lowest BCUT2D eigenvalue weighted by Crippen LogP contribution is -1.92. The first-order valence-electron chi connectivity index (χ1n) is 7.14. The smallest absolute Gasteiger partial charge is 0.137 e. The van der Waals surface area contributed by atoms with E-state index in [9.17, 15) is 4.39 Å². The van der Waals surface area contributed by atoms with Crippen molar-refractivity contribution in [2.24, 2.45) is 0 Å². The zero-order valence-corrected chi connectivity index (χ0v) is 14.4. The van der Waals surface area contributed by atoms with Gasteiger partial charge in [0.2, 0.25) is 0 Å². The second kappa shape index (κ2) is 7.55. The molecule has 6 heteroatoms. The molecule has 3 rings (SSSR count). The van der Waals surface area contributed by atoms with Crippen molar-refractivity contribution in [3.63, 3.8) is 0 Å². The first-order valence-corrected chi connectivity index (χ1v) is 8.75. The fourth-order valence-electron chi connectivity index (χ4n) is 2.13. The summed E-state index contributed by atoms with van der Waals surface area (Å²) in [6.45, 7) is 0. The van der Waals surface area contributed by atoms with Crippen molar-refractivity contribution < 1.29 is 9.13 Å². The Balaban J connectivity index is 1.80. The molecule has 1 N–H and O–H groups in total. The maximum absolute atomic E-state index is 12.9. The Morgan fingerprint density at radius 2 is 1.62 bits per heavy atom. The summed E-state index contributed by atoms with van der Waals surface area (Å²) in [5.74, 6) is 1.65. The van der Waals surface area contributed by atoms with E-state index in [1.807, 2.05) is 36.6 Å². The summed E-state index contributed by atoms with van der Waals surface area (Å²) in [7, 11) is 0. The molecule has 3 nitrogen and oxygen atoms in total. The number of ether oxygens (including phenoxy) is 1. The monoisotopic (exact) mass is 360 g/mol. The van der Waals surface area contributed by atoms with E-state index >= 15 is 0 Å². The van der Waals surface area contributed by atoms with Crippen LogP contribution in [0, 0.1) is 5.82 Å². The SMILES string of the molecule is CSNc1cc(Cl)cc(-c2ccc(Oc3ccc(F)cc3)cc2)n1. The summed E-state index contributed by atoms with van der Waals surface area (Å²) >= 11 is 7.60. The second-order valence-corrected chi connectivity index (χ2v) is 5.99. The number of rotatable bonds is 5. The highest BCUT2D eigenvalue weighted by Gasteiger charge is 2.05. The average molecular weight is 361 g/mol. The van der Waals surface area contributed by atoms with Crippen LogP contribution in [0.2, 0.25) is 5.02 Å². The normalized spacial score (nSPS) is 10.5. The number of hydrogen-bond acceptors (Lipinski definition) is 4. The zero-order valence-electron chi connectivity index (χ0n) is 12.8. The Labute approximate surface area is 149 Å². The van der Waals surface area contributed by atoms with Gasteiger partial charge in [-0.15, -0.1) is 0 Å². The molecule has 3 aromatic rings. The van der Waals surface area contributed by atoms with Crippen molar-refractivity contribution in [2.45, 2.75) is 0 Å². The minimum atomic E-state index is -0.292. The Hall–Kier alpha value is -2.24. The van der Waals surface area contributed by atoms with Crippen molar-refractivity contribution in [2.75, 3.05) is 11.0 Å². The third-order valence-electron chi connectivity index (χ3n) is 3.20. The highest BCUT2D eigenvalue weighted by Crippen LogP contribution is 2.28. The Kier molecular flexibility index (Phi) is 5.23. The molecule has 0 aliphatic carbocycles. The number of anilines is 1. The number of halogens is 2. The van der Waals surface area contributed by atoms with Gasteiger partial charge in [0.15, 0.2) is 0 Å². The van der Waals surface area contributed by atoms with Crippen LogP contribution in [-0.4, -0.2) is 11.2 Å². The van der Waals surface area contributed by atoms with Gasteiger partial charge in [-0.25, -0.2) is 9.37 Å². The number of hydrogen-bond donors (Lipinski definition) is 1. The van der Waals surface area contributed by atoms with Crippen LogP contribution in [0.25, 0.3) is 11.3 Å². The fraction of sp³-hybridized carbons (Fsp3) is 0.0556. The van der Waals surface area contributed by atoms with Crippen LogP contribution in [0.4, 0.5) is 10.2 Å². The first-order chi connectivity index (χ1) is 11.6. The van der Waals surface area contributed by atoms with Crippen molar-refractivity contribution in [3.8, 4) is 22.8 Å². The van der Waals surface area contributed by atoms with Crippen molar-refractivity contribution >= 4 is 29.4 Å². The van der Waals surface area contributed by atoms with E-state index in [1.165, 1.54) is 24.1 Å². The van der Waals surface area contributed by atoms with Crippen molar-refractivity contribution in [1.29, 1.82) is 0 Å². The van der Waals surface area contributed by atoms with Gasteiger partial charge in [0, 0.05) is 16.8 Å². The number of aromatic nitrogens is 1. The largest absolute Gasteiger partial charge is 0.457 e. The van der Waals surface area contributed by atoms with E-state index < -0.39 is 0 Å². The summed E-state index contributed by atoms with van der Waals surface area (Å²) in [5, 5.41) is 0.614. The van der Waals surface area contributed by atoms with E-state index in [0.717, 1.165) is 11.3 Å². The molecule has 0 saturated heterocycles. The Morgan fingerprint density at radius 1 is 1.00 bits per heavy atom. The molecule has 2 aromatic carbocycles. The molecule has 1 heterocycles. The van der Waals surface area contributed by atoms with Gasteiger partial charge in [-0.05, 0) is 60.7 Å². The third-order valence-corrected chi connectivity index (χ3v) is 3.83. The molecule has 0 unspecified atom stereocenters. The van der Waals surface area contributed by atoms with Gasteiger partial charge in [0.25, 0.3) is 0 Å². The minimum absolute atomic E-state index is 0.292. The number of pyridine rings is 1. The molecule has 24 heavy (non-hydrogen) atoms. The molecule has 0 spiro atoms. The van der Waals surface area contributed by atoms with Gasteiger partial charge in [0.1, 0.15) is 23.1 Å². The first kappa shape index (κ1) is 16.6. The predicted molar refractivity (Wildman–Crippen MR) is 98.3 cm³/mol. The summed E-state index contributed by atoms with van der Waals surface area (Å²) in [4.78, 5) is 4.52. The van der Waals surface area contributed by atoms with E-state index in [2.05, 4.69) is 9.71 Å². The molecule has 0 amide bonds. The van der Waals surface area contributed by atoms with E-state index in [1.54, 1.807) is 18.2 Å². The van der Waals surface area contributed by atoms with Gasteiger partial charge < -0.3 is 9.46 Å². The van der Waals surface area contributed by atoms with Gasteiger partial charge >= 0.3 is 0 Å². The number of nitrogens with one attached hydrogen (secondary N) is 1. The minimum Gasteiger partial charge on any atom is -0.457 e. The van der Waals surface area contributed by atoms with Crippen LogP contribution in [0.1, 0.15) is 0 Å². The molecule has 0 aliphatic heterocycles. The summed E-state index contributed by atoms with van der Waals surface area (Å²) in [6, 6.07) is 17.0. The lowest BCUT2D eigenvalue weighted by molar-refractivity contribution is 0.480. The maximum atomic E-state index is 12.9. The summed E-state index contributed by atoms with van der Waals surface area (Å²) in [6.07, 6.45) is 1.92. The standard InChI is InChI=1S/C18H14ClFN2OS/c1-24-22-18-11-13(19)10-17(21-18)12-2-6-15(7-3-12)23-16-8-4-14(20)5-9-16/h2-11H,1H3,(H,21,22). The van der Waals surface area contributed by atoms with Crippen LogP contribution in [0.5, 0.6) is 11.5 Å². The third kappa shape index (κ3) is 4.19. The molecule has 0 saturated carbocycles. The summed E-state index contributed by atoms with van der Waals surface area (Å²) in [5.41, 5.74) is 1.69. The molecule has 0 bridgehead atoms. The molecular weight excluding hydrogens is 347 g/mol. The van der Waals surface area contributed by atoms with Crippen LogP contribution in [0.15, 0.2) is 60.7 Å². The highest BCUT2D eigenvalue weighted by atomic mass is 35.5. The molecule has 122 valence electrons. The average Bonchev–Trinajstić information content (AvgIpc) is 2.57. The molecule has 0 atom stereocenters. The topological polar surface area (TPSA) is 34.1 Å².